The molecule has 7 heteroatoms. The lowest BCUT2D eigenvalue weighted by atomic mass is 10.1. The number of thiophene rings is 1. The average molecular weight is 298 g/mol. The summed E-state index contributed by atoms with van der Waals surface area (Å²) in [5, 5.41) is 17.6. The van der Waals surface area contributed by atoms with Gasteiger partial charge in [0, 0.05) is 30.3 Å². The van der Waals surface area contributed by atoms with Gasteiger partial charge in [0.2, 0.25) is 5.82 Å². The van der Waals surface area contributed by atoms with Crippen LogP contribution in [-0.4, -0.2) is 4.92 Å². The molecule has 0 radical (unpaired) electrons. The number of benzene rings is 1. The molecule has 106 valence electrons. The van der Waals surface area contributed by atoms with Gasteiger partial charge in [0.05, 0.1) is 4.92 Å². The quantitative estimate of drug-likeness (QED) is 0.675. The first-order valence-electron chi connectivity index (χ1n) is 5.87. The third-order valence-electron chi connectivity index (χ3n) is 2.95. The van der Waals surface area contributed by atoms with Crippen molar-refractivity contribution in [2.24, 2.45) is 0 Å². The first-order chi connectivity index (χ1) is 9.49. The number of halogens is 2. The highest BCUT2D eigenvalue weighted by Gasteiger charge is 2.18. The van der Waals surface area contributed by atoms with Gasteiger partial charge >= 0.3 is 5.69 Å². The summed E-state index contributed by atoms with van der Waals surface area (Å²) < 4.78 is 26.8. The van der Waals surface area contributed by atoms with Crippen molar-refractivity contribution in [1.29, 1.82) is 0 Å². The van der Waals surface area contributed by atoms with Crippen molar-refractivity contribution in [2.75, 3.05) is 0 Å². The van der Waals surface area contributed by atoms with Gasteiger partial charge in [-0.3, -0.25) is 10.1 Å². The minimum atomic E-state index is -1.16. The Kier molecular flexibility index (Phi) is 4.41. The number of nitrogens with one attached hydrogen (secondary N) is 1. The highest BCUT2D eigenvalue weighted by molar-refractivity contribution is 7.07. The van der Waals surface area contributed by atoms with Crippen LogP contribution in [0.25, 0.3) is 0 Å². The van der Waals surface area contributed by atoms with Crippen molar-refractivity contribution < 1.29 is 13.7 Å². The second kappa shape index (κ2) is 6.06. The van der Waals surface area contributed by atoms with E-state index in [1.807, 2.05) is 23.8 Å². The molecule has 4 nitrogen and oxygen atoms in total. The average Bonchev–Trinajstić information content (AvgIpc) is 2.90. The van der Waals surface area contributed by atoms with Gasteiger partial charge in [-0.25, -0.2) is 4.39 Å². The molecular weight excluding hydrogens is 286 g/mol. The van der Waals surface area contributed by atoms with Gasteiger partial charge in [-0.05, 0) is 29.3 Å². The molecule has 1 aromatic carbocycles. The molecule has 0 bridgehead atoms. The Morgan fingerprint density at radius 1 is 1.40 bits per heavy atom. The summed E-state index contributed by atoms with van der Waals surface area (Å²) in [6.07, 6.45) is 0. The lowest BCUT2D eigenvalue weighted by Gasteiger charge is -2.13. The molecule has 1 aromatic heterocycles. The van der Waals surface area contributed by atoms with E-state index in [0.29, 0.717) is 6.07 Å². The minimum absolute atomic E-state index is 0.0234. The van der Waals surface area contributed by atoms with Crippen LogP contribution >= 0.6 is 11.3 Å². The van der Waals surface area contributed by atoms with Crippen LogP contribution in [0.3, 0.4) is 0 Å². The molecule has 0 fully saturated rings. The van der Waals surface area contributed by atoms with Crippen LogP contribution in [0.4, 0.5) is 14.5 Å². The van der Waals surface area contributed by atoms with E-state index in [9.17, 15) is 18.9 Å². The van der Waals surface area contributed by atoms with Crippen LogP contribution in [0.15, 0.2) is 29.0 Å². The lowest BCUT2D eigenvalue weighted by molar-refractivity contribution is -0.387. The van der Waals surface area contributed by atoms with E-state index in [0.717, 1.165) is 11.6 Å². The molecule has 1 atom stereocenters. The summed E-state index contributed by atoms with van der Waals surface area (Å²) >= 11 is 1.55. The van der Waals surface area contributed by atoms with Gasteiger partial charge in [0.1, 0.15) is 5.82 Å². The summed E-state index contributed by atoms with van der Waals surface area (Å²) in [6.45, 7) is 1.99. The van der Waals surface area contributed by atoms with Crippen LogP contribution < -0.4 is 5.32 Å². The van der Waals surface area contributed by atoms with Gasteiger partial charge in [-0.2, -0.15) is 15.7 Å². The topological polar surface area (TPSA) is 55.2 Å². The Balaban J connectivity index is 2.13. The smallest absolute Gasteiger partial charge is 0.305 e. The number of nitro benzene ring substituents is 1. The van der Waals surface area contributed by atoms with Crippen molar-refractivity contribution >= 4 is 17.0 Å². The maximum atomic E-state index is 13.6. The van der Waals surface area contributed by atoms with Crippen molar-refractivity contribution in [3.63, 3.8) is 0 Å². The molecule has 0 aliphatic rings. The third-order valence-corrected chi connectivity index (χ3v) is 3.66. The fourth-order valence-corrected chi connectivity index (χ4v) is 2.51. The molecule has 1 heterocycles. The predicted molar refractivity (Wildman–Crippen MR) is 72.6 cm³/mol. The molecule has 0 saturated heterocycles. The summed E-state index contributed by atoms with van der Waals surface area (Å²) in [6, 6.07) is 3.39. The highest BCUT2D eigenvalue weighted by atomic mass is 32.1. The number of nitro groups is 1. The largest absolute Gasteiger partial charge is 0.306 e. The normalized spacial score (nSPS) is 12.3. The maximum absolute atomic E-state index is 13.6. The van der Waals surface area contributed by atoms with E-state index < -0.39 is 22.2 Å². The van der Waals surface area contributed by atoms with Gasteiger partial charge in [0.15, 0.2) is 0 Å². The van der Waals surface area contributed by atoms with Crippen LogP contribution in [0.1, 0.15) is 24.1 Å². The molecule has 0 saturated carbocycles. The summed E-state index contributed by atoms with van der Waals surface area (Å²) in [4.78, 5) is 9.77. The molecule has 0 aliphatic heterocycles. The van der Waals surface area contributed by atoms with Gasteiger partial charge < -0.3 is 5.32 Å². The fraction of sp³-hybridized carbons (Fsp3) is 0.231. The molecular formula is C13H12F2N2O2S. The van der Waals surface area contributed by atoms with E-state index in [-0.39, 0.29) is 18.2 Å². The minimum Gasteiger partial charge on any atom is -0.306 e. The molecule has 20 heavy (non-hydrogen) atoms. The van der Waals surface area contributed by atoms with Crippen molar-refractivity contribution in [3.8, 4) is 0 Å². The number of rotatable bonds is 5. The van der Waals surface area contributed by atoms with Gasteiger partial charge in [-0.15, -0.1) is 0 Å². The Morgan fingerprint density at radius 2 is 2.15 bits per heavy atom. The molecule has 0 aliphatic carbocycles. The fourth-order valence-electron chi connectivity index (χ4n) is 1.76. The molecule has 2 aromatic rings. The predicted octanol–water partition coefficient (Wildman–Crippen LogP) is 3.79. The molecule has 1 N–H and O–H groups in total. The first kappa shape index (κ1) is 14.5. The zero-order valence-electron chi connectivity index (χ0n) is 10.6. The lowest BCUT2D eigenvalue weighted by Crippen LogP contribution is -2.18. The SMILES string of the molecule is CC(NCc1cc([N+](=O)[O-])c(F)cc1F)c1ccsc1. The zero-order valence-corrected chi connectivity index (χ0v) is 11.4. The number of hydrogen-bond donors (Lipinski definition) is 1. The Labute approximate surface area is 118 Å². The van der Waals surface area contributed by atoms with Crippen LogP contribution in [0.5, 0.6) is 0 Å². The molecule has 0 spiro atoms. The van der Waals surface area contributed by atoms with Crippen LogP contribution in [-0.2, 0) is 6.54 Å². The zero-order chi connectivity index (χ0) is 14.7. The molecule has 1 unspecified atom stereocenters. The van der Waals surface area contributed by atoms with Crippen molar-refractivity contribution in [2.45, 2.75) is 19.5 Å². The van der Waals surface area contributed by atoms with Crippen LogP contribution in [0.2, 0.25) is 0 Å². The van der Waals surface area contributed by atoms with E-state index in [2.05, 4.69) is 5.32 Å². The first-order valence-corrected chi connectivity index (χ1v) is 6.81. The Morgan fingerprint density at radius 3 is 2.75 bits per heavy atom. The Hall–Kier alpha value is -1.86. The van der Waals surface area contributed by atoms with E-state index in [1.54, 1.807) is 11.3 Å². The second-order valence-corrected chi connectivity index (χ2v) is 5.09. The molecule has 2 rings (SSSR count). The highest BCUT2D eigenvalue weighted by Crippen LogP contribution is 2.22. The molecule has 0 amide bonds. The van der Waals surface area contributed by atoms with E-state index in [4.69, 9.17) is 0 Å². The van der Waals surface area contributed by atoms with Gasteiger partial charge in [0.25, 0.3) is 0 Å². The van der Waals surface area contributed by atoms with E-state index >= 15 is 0 Å². The second-order valence-electron chi connectivity index (χ2n) is 4.31. The van der Waals surface area contributed by atoms with E-state index in [1.165, 1.54) is 0 Å². The standard InChI is InChI=1S/C13H12F2N2O2S/c1-8(9-2-3-20-7-9)16-6-10-4-13(17(18)19)12(15)5-11(10)14/h2-5,7-8,16H,6H2,1H3. The third kappa shape index (κ3) is 3.17. The summed E-state index contributed by atoms with van der Waals surface area (Å²) in [5.41, 5.74) is 0.401. The van der Waals surface area contributed by atoms with Crippen LogP contribution in [0, 0.1) is 21.7 Å². The summed E-state index contributed by atoms with van der Waals surface area (Å²) in [5.74, 6) is -1.96. The number of hydrogen-bond acceptors (Lipinski definition) is 4. The summed E-state index contributed by atoms with van der Waals surface area (Å²) in [7, 11) is 0. The monoisotopic (exact) mass is 298 g/mol. The number of nitrogens with zero attached hydrogens (tertiary/aromatic N) is 1. The Bertz CT molecular complexity index is 617. The van der Waals surface area contributed by atoms with Crippen molar-refractivity contribution in [1.82, 2.24) is 5.32 Å². The van der Waals surface area contributed by atoms with Crippen molar-refractivity contribution in [3.05, 3.63) is 61.8 Å². The maximum Gasteiger partial charge on any atom is 0.305 e. The van der Waals surface area contributed by atoms with Gasteiger partial charge in [-0.1, -0.05) is 0 Å².